The lowest BCUT2D eigenvalue weighted by atomic mass is 9.82. The van der Waals surface area contributed by atoms with Gasteiger partial charge in [0, 0.05) is 34.7 Å². The van der Waals surface area contributed by atoms with Crippen molar-refractivity contribution in [3.8, 4) is 17.3 Å². The molecule has 0 saturated heterocycles. The van der Waals surface area contributed by atoms with Gasteiger partial charge in [0.2, 0.25) is 0 Å². The van der Waals surface area contributed by atoms with Gasteiger partial charge in [-0.2, -0.15) is 15.0 Å². The lowest BCUT2D eigenvalue weighted by Gasteiger charge is -2.32. The highest BCUT2D eigenvalue weighted by atomic mass is 32.1. The molecule has 0 bridgehead atoms. The molecule has 3 atom stereocenters. The Kier molecular flexibility index (Phi) is 10.0. The summed E-state index contributed by atoms with van der Waals surface area (Å²) >= 11 is 1.27. The van der Waals surface area contributed by atoms with Crippen molar-refractivity contribution in [2.24, 2.45) is 0 Å². The molecule has 242 valence electrons. The maximum Gasteiger partial charge on any atom is 0.412 e. The van der Waals surface area contributed by atoms with Crippen LogP contribution in [0.15, 0.2) is 72.4 Å². The van der Waals surface area contributed by atoms with Gasteiger partial charge in [-0.25, -0.2) is 18.6 Å². The molecule has 0 radical (unpaired) electrons. The first kappa shape index (κ1) is 33.3. The van der Waals surface area contributed by atoms with Gasteiger partial charge < -0.3 is 15.2 Å². The molecular formula is C34H34F2N7O3S+. The van der Waals surface area contributed by atoms with E-state index in [-0.39, 0.29) is 17.9 Å². The zero-order valence-corrected chi connectivity index (χ0v) is 27.0. The summed E-state index contributed by atoms with van der Waals surface area (Å²) in [7, 11) is 1.81. The molecule has 1 unspecified atom stereocenters. The normalized spacial score (nSPS) is 13.7. The first-order valence-corrected chi connectivity index (χ1v) is 15.7. The van der Waals surface area contributed by atoms with Crippen LogP contribution in [0.25, 0.3) is 11.3 Å². The molecule has 47 heavy (non-hydrogen) atoms. The van der Waals surface area contributed by atoms with Gasteiger partial charge >= 0.3 is 12.4 Å². The highest BCUT2D eigenvalue weighted by molar-refractivity contribution is 7.10. The van der Waals surface area contributed by atoms with Gasteiger partial charge in [0.15, 0.2) is 6.10 Å². The Morgan fingerprint density at radius 1 is 1.17 bits per heavy atom. The number of nitrogens with one attached hydrogen (secondary N) is 3. The van der Waals surface area contributed by atoms with Crippen LogP contribution in [0.4, 0.5) is 19.3 Å². The SMILES string of the molecule is CNCc1cc(C)ccc1NC(=O)OC(C)c1nc[n+](C[C@](O)(c2cc(F)ccc2F)[C@@H](C)c2nc(-c3ccc(C#N)cc3)cs2)[nH]1. The van der Waals surface area contributed by atoms with Crippen molar-refractivity contribution in [1.29, 1.82) is 5.26 Å². The second kappa shape index (κ2) is 14.2. The van der Waals surface area contributed by atoms with E-state index in [0.29, 0.717) is 28.5 Å². The summed E-state index contributed by atoms with van der Waals surface area (Å²) in [5.74, 6) is -2.03. The zero-order valence-electron chi connectivity index (χ0n) is 26.2. The molecule has 5 rings (SSSR count). The van der Waals surface area contributed by atoms with Crippen LogP contribution in [0.2, 0.25) is 0 Å². The van der Waals surface area contributed by atoms with Crippen LogP contribution in [0.1, 0.15) is 59.0 Å². The monoisotopic (exact) mass is 658 g/mol. The molecule has 0 spiro atoms. The fourth-order valence-electron chi connectivity index (χ4n) is 5.23. The van der Waals surface area contributed by atoms with Gasteiger partial charge in [-0.05, 0) is 67.8 Å². The van der Waals surface area contributed by atoms with Crippen molar-refractivity contribution in [2.45, 2.75) is 51.5 Å². The maximum absolute atomic E-state index is 15.3. The number of benzene rings is 3. The molecule has 0 aliphatic carbocycles. The van der Waals surface area contributed by atoms with Gasteiger partial charge in [-0.15, -0.1) is 11.3 Å². The molecule has 2 heterocycles. The number of ether oxygens (including phenoxy) is 1. The Morgan fingerprint density at radius 2 is 1.94 bits per heavy atom. The first-order chi connectivity index (χ1) is 22.5. The number of halogens is 2. The average molecular weight is 659 g/mol. The van der Waals surface area contributed by atoms with Crippen LogP contribution in [0, 0.1) is 29.9 Å². The van der Waals surface area contributed by atoms with Crippen molar-refractivity contribution in [3.05, 3.63) is 117 Å². The van der Waals surface area contributed by atoms with Gasteiger partial charge in [0.05, 0.1) is 22.3 Å². The number of anilines is 1. The van der Waals surface area contributed by atoms with Gasteiger partial charge in [0.25, 0.3) is 5.82 Å². The third kappa shape index (κ3) is 7.52. The van der Waals surface area contributed by atoms with E-state index in [0.717, 1.165) is 34.9 Å². The highest BCUT2D eigenvalue weighted by Crippen LogP contribution is 2.41. The van der Waals surface area contributed by atoms with E-state index in [1.54, 1.807) is 49.6 Å². The second-order valence-corrected chi connectivity index (χ2v) is 12.2. The van der Waals surface area contributed by atoms with Crippen LogP contribution in [0.3, 0.4) is 0 Å². The van der Waals surface area contributed by atoms with Crippen LogP contribution < -0.4 is 15.3 Å². The Hall–Kier alpha value is -5.03. The molecule has 0 saturated carbocycles. The summed E-state index contributed by atoms with van der Waals surface area (Å²) in [5, 5.41) is 32.5. The van der Waals surface area contributed by atoms with Gasteiger partial charge in [0.1, 0.15) is 23.8 Å². The number of amides is 1. The number of aromatic amines is 1. The van der Waals surface area contributed by atoms with Crippen LogP contribution >= 0.6 is 11.3 Å². The van der Waals surface area contributed by atoms with E-state index < -0.39 is 35.4 Å². The Balaban J connectivity index is 1.37. The van der Waals surface area contributed by atoms with Crippen molar-refractivity contribution < 1.29 is 28.1 Å². The van der Waals surface area contributed by atoms with Gasteiger partial charge in [-0.1, -0.05) is 36.8 Å². The fraction of sp³-hybridized carbons (Fsp3) is 0.265. The number of thiazole rings is 1. The lowest BCUT2D eigenvalue weighted by Crippen LogP contribution is -2.50. The number of aryl methyl sites for hydroxylation is 1. The maximum atomic E-state index is 15.3. The van der Waals surface area contributed by atoms with E-state index in [9.17, 15) is 14.3 Å². The third-order valence-electron chi connectivity index (χ3n) is 7.85. The van der Waals surface area contributed by atoms with Crippen LogP contribution in [0.5, 0.6) is 0 Å². The minimum atomic E-state index is -1.99. The first-order valence-electron chi connectivity index (χ1n) is 14.8. The van der Waals surface area contributed by atoms with Crippen molar-refractivity contribution in [2.75, 3.05) is 12.4 Å². The minimum Gasteiger partial charge on any atom is -0.435 e. The largest absolute Gasteiger partial charge is 0.435 e. The fourth-order valence-corrected chi connectivity index (χ4v) is 6.20. The number of nitriles is 1. The Bertz CT molecular complexity index is 1920. The van der Waals surface area contributed by atoms with Crippen LogP contribution in [-0.4, -0.2) is 33.3 Å². The van der Waals surface area contributed by atoms with Crippen LogP contribution in [-0.2, 0) is 23.4 Å². The summed E-state index contributed by atoms with van der Waals surface area (Å²) in [6, 6.07) is 17.6. The number of aromatic nitrogens is 4. The number of rotatable bonds is 11. The van der Waals surface area contributed by atoms with Crippen molar-refractivity contribution >= 4 is 23.1 Å². The molecule has 0 aliphatic heterocycles. The smallest absolute Gasteiger partial charge is 0.412 e. The number of hydrogen-bond donors (Lipinski definition) is 4. The molecule has 3 aromatic carbocycles. The standard InChI is InChI=1S/C34H33F2N7O3S/c1-20-5-12-29(25(13-20)16-38-4)41-33(44)46-22(3)31-39-19-43(42-31)18-34(45,27-14-26(35)10-11-28(27)36)21(2)32-40-30(17-47-32)24-8-6-23(15-37)7-9-24/h5-14,17,19,21-22,38,45H,16,18H2,1-4H3,(H,41,44)/p+1/t21-,22?,34+/m0/s1. The number of hydrogen-bond acceptors (Lipinski definition) is 8. The summed E-state index contributed by atoms with van der Waals surface area (Å²) in [6.45, 7) is 5.57. The molecule has 0 aliphatic rings. The van der Waals surface area contributed by atoms with E-state index in [4.69, 9.17) is 15.0 Å². The summed E-state index contributed by atoms with van der Waals surface area (Å²) in [5.41, 5.74) is 2.22. The molecule has 0 fully saturated rings. The summed E-state index contributed by atoms with van der Waals surface area (Å²) in [6.07, 6.45) is -0.118. The van der Waals surface area contributed by atoms with E-state index in [1.807, 2.05) is 26.1 Å². The molecule has 4 N–H and O–H groups in total. The Labute approximate surface area is 274 Å². The number of aliphatic hydroxyl groups is 1. The molecule has 13 heteroatoms. The lowest BCUT2D eigenvalue weighted by molar-refractivity contribution is -0.765. The summed E-state index contributed by atoms with van der Waals surface area (Å²) in [4.78, 5) is 21.8. The molecular weight excluding hydrogens is 624 g/mol. The second-order valence-electron chi connectivity index (χ2n) is 11.3. The third-order valence-corrected chi connectivity index (χ3v) is 8.88. The van der Waals surface area contributed by atoms with E-state index in [2.05, 4.69) is 26.8 Å². The minimum absolute atomic E-state index is 0.247. The van der Waals surface area contributed by atoms with E-state index >= 15 is 4.39 Å². The number of nitrogens with zero attached hydrogens (tertiary/aromatic N) is 4. The number of carbonyl (C=O) groups excluding carboxylic acids is 1. The number of H-pyrrole nitrogens is 1. The highest BCUT2D eigenvalue weighted by Gasteiger charge is 2.44. The van der Waals surface area contributed by atoms with Gasteiger partial charge in [-0.3, -0.25) is 5.32 Å². The molecule has 5 aromatic rings. The predicted molar refractivity (Wildman–Crippen MR) is 172 cm³/mol. The van der Waals surface area contributed by atoms with Crippen molar-refractivity contribution in [3.63, 3.8) is 0 Å². The van der Waals surface area contributed by atoms with Crippen molar-refractivity contribution in [1.82, 2.24) is 20.4 Å². The molecule has 10 nitrogen and oxygen atoms in total. The number of carbonyl (C=O) groups is 1. The topological polar surface area (TPSA) is 140 Å². The summed E-state index contributed by atoms with van der Waals surface area (Å²) < 4.78 is 36.7. The molecule has 1 amide bonds. The quantitative estimate of drug-likeness (QED) is 0.128. The Morgan fingerprint density at radius 3 is 2.66 bits per heavy atom. The average Bonchev–Trinajstić information content (AvgIpc) is 3.74. The predicted octanol–water partition coefficient (Wildman–Crippen LogP) is 6.00. The zero-order chi connectivity index (χ0) is 33.7. The molecule has 2 aromatic heterocycles. The van der Waals surface area contributed by atoms with E-state index in [1.165, 1.54) is 22.3 Å².